The number of benzene rings is 1. The summed E-state index contributed by atoms with van der Waals surface area (Å²) in [6.45, 7) is 10.4. The molecule has 0 bridgehead atoms. The molecule has 1 aromatic rings. The van der Waals surface area contributed by atoms with Crippen molar-refractivity contribution in [1.29, 1.82) is 0 Å². The minimum absolute atomic E-state index is 0.0386. The Morgan fingerprint density at radius 2 is 2.00 bits per heavy atom. The third-order valence-electron chi connectivity index (χ3n) is 4.53. The number of carbonyl (C=O) groups is 2. The molecular formula is C19H28N2O3. The summed E-state index contributed by atoms with van der Waals surface area (Å²) in [6.07, 6.45) is 1.12. The van der Waals surface area contributed by atoms with Gasteiger partial charge in [0, 0.05) is 25.2 Å². The summed E-state index contributed by atoms with van der Waals surface area (Å²) in [4.78, 5) is 25.8. The maximum Gasteiger partial charge on any atom is 0.309 e. The van der Waals surface area contributed by atoms with Crippen molar-refractivity contribution < 1.29 is 14.7 Å². The second kappa shape index (κ2) is 7.34. The maximum absolute atomic E-state index is 12.2. The van der Waals surface area contributed by atoms with Crippen LogP contribution in [0.1, 0.15) is 51.7 Å². The predicted octanol–water partition coefficient (Wildman–Crippen LogP) is 3.49. The topological polar surface area (TPSA) is 69.6 Å². The third kappa shape index (κ3) is 4.57. The van der Waals surface area contributed by atoms with Crippen LogP contribution in [-0.4, -0.2) is 28.4 Å². The van der Waals surface area contributed by atoms with Gasteiger partial charge in [-0.2, -0.15) is 0 Å². The molecule has 0 fully saturated rings. The van der Waals surface area contributed by atoms with Crippen LogP contribution in [0.3, 0.4) is 0 Å². The zero-order valence-corrected chi connectivity index (χ0v) is 15.1. The smallest absolute Gasteiger partial charge is 0.309 e. The van der Waals surface area contributed by atoms with Gasteiger partial charge in [0.15, 0.2) is 0 Å². The highest BCUT2D eigenvalue weighted by Crippen LogP contribution is 2.30. The van der Waals surface area contributed by atoms with Crippen LogP contribution >= 0.6 is 0 Å². The number of fused-ring (bicyclic) bond motifs is 1. The molecule has 5 nitrogen and oxygen atoms in total. The highest BCUT2D eigenvalue weighted by molar-refractivity contribution is 5.94. The van der Waals surface area contributed by atoms with Gasteiger partial charge in [0.1, 0.15) is 0 Å². The molecule has 0 spiro atoms. The van der Waals surface area contributed by atoms with Crippen LogP contribution in [0, 0.1) is 11.3 Å². The fourth-order valence-corrected chi connectivity index (χ4v) is 2.88. The largest absolute Gasteiger partial charge is 0.481 e. The lowest BCUT2D eigenvalue weighted by atomic mass is 9.89. The SMILES string of the molecule is CC(C)CCN1Cc2cccc(NC(=O)CC(C)(C)C(=O)O)c2C1. The quantitative estimate of drug-likeness (QED) is 0.802. The molecule has 24 heavy (non-hydrogen) atoms. The molecular weight excluding hydrogens is 304 g/mol. The van der Waals surface area contributed by atoms with Gasteiger partial charge < -0.3 is 10.4 Å². The van der Waals surface area contributed by atoms with Gasteiger partial charge in [0.05, 0.1) is 5.41 Å². The van der Waals surface area contributed by atoms with Crippen molar-refractivity contribution in [3.63, 3.8) is 0 Å². The van der Waals surface area contributed by atoms with Crippen LogP contribution < -0.4 is 5.32 Å². The number of anilines is 1. The Bertz CT molecular complexity index is 623. The lowest BCUT2D eigenvalue weighted by Gasteiger charge is -2.19. The van der Waals surface area contributed by atoms with Gasteiger partial charge in [-0.05, 0) is 49.9 Å². The van der Waals surface area contributed by atoms with E-state index in [1.165, 1.54) is 5.56 Å². The fourth-order valence-electron chi connectivity index (χ4n) is 2.88. The van der Waals surface area contributed by atoms with E-state index < -0.39 is 11.4 Å². The third-order valence-corrected chi connectivity index (χ3v) is 4.53. The van der Waals surface area contributed by atoms with Gasteiger partial charge in [0.25, 0.3) is 0 Å². The van der Waals surface area contributed by atoms with Gasteiger partial charge in [-0.1, -0.05) is 26.0 Å². The molecule has 5 heteroatoms. The van der Waals surface area contributed by atoms with Gasteiger partial charge in [0.2, 0.25) is 5.91 Å². The summed E-state index contributed by atoms with van der Waals surface area (Å²) in [6, 6.07) is 5.95. The second-order valence-electron chi connectivity index (χ2n) is 7.75. The van der Waals surface area contributed by atoms with E-state index in [-0.39, 0.29) is 12.3 Å². The Balaban J connectivity index is 2.03. The Labute approximate surface area is 144 Å². The predicted molar refractivity (Wildman–Crippen MR) is 94.7 cm³/mol. The van der Waals surface area contributed by atoms with Crippen LogP contribution in [0.15, 0.2) is 18.2 Å². The number of nitrogens with zero attached hydrogens (tertiary/aromatic N) is 1. The fraction of sp³-hybridized carbons (Fsp3) is 0.579. The van der Waals surface area contributed by atoms with E-state index in [1.807, 2.05) is 12.1 Å². The number of carboxylic acids is 1. The van der Waals surface area contributed by atoms with E-state index in [1.54, 1.807) is 13.8 Å². The number of rotatable bonds is 7. The summed E-state index contributed by atoms with van der Waals surface area (Å²) in [7, 11) is 0. The van der Waals surface area contributed by atoms with Gasteiger partial charge >= 0.3 is 5.97 Å². The molecule has 132 valence electrons. The van der Waals surface area contributed by atoms with E-state index in [2.05, 4.69) is 30.1 Å². The minimum atomic E-state index is -1.06. The Morgan fingerprint density at radius 3 is 2.62 bits per heavy atom. The van der Waals surface area contributed by atoms with Crippen molar-refractivity contribution in [2.75, 3.05) is 11.9 Å². The van der Waals surface area contributed by atoms with Crippen molar-refractivity contribution in [1.82, 2.24) is 4.90 Å². The van der Waals surface area contributed by atoms with Crippen LogP contribution in [0.4, 0.5) is 5.69 Å². The molecule has 0 aromatic heterocycles. The summed E-state index contributed by atoms with van der Waals surface area (Å²) in [5.41, 5.74) is 2.15. The molecule has 1 aliphatic heterocycles. The number of hydrogen-bond acceptors (Lipinski definition) is 3. The molecule has 2 N–H and O–H groups in total. The van der Waals surface area contributed by atoms with Crippen LogP contribution in [0.5, 0.6) is 0 Å². The standard InChI is InChI=1S/C19H28N2O3/c1-13(2)8-9-21-11-14-6-5-7-16(15(14)12-21)20-17(22)10-19(3,4)18(23)24/h5-7,13H,8-12H2,1-4H3,(H,20,22)(H,23,24). The summed E-state index contributed by atoms with van der Waals surface area (Å²) < 4.78 is 0. The van der Waals surface area contributed by atoms with Crippen molar-refractivity contribution >= 4 is 17.6 Å². The molecule has 1 aliphatic rings. The first-order chi connectivity index (χ1) is 11.2. The number of nitrogens with one attached hydrogen (secondary N) is 1. The normalized spacial score (nSPS) is 14.7. The molecule has 0 saturated heterocycles. The lowest BCUT2D eigenvalue weighted by molar-refractivity contribution is -0.148. The lowest BCUT2D eigenvalue weighted by Crippen LogP contribution is -2.29. The van der Waals surface area contributed by atoms with E-state index >= 15 is 0 Å². The molecule has 0 aliphatic carbocycles. The Kier molecular flexibility index (Phi) is 5.65. The van der Waals surface area contributed by atoms with E-state index in [0.717, 1.165) is 37.3 Å². The molecule has 0 radical (unpaired) electrons. The number of carbonyl (C=O) groups excluding carboxylic acids is 1. The molecule has 0 unspecified atom stereocenters. The van der Waals surface area contributed by atoms with Crippen molar-refractivity contribution in [3.05, 3.63) is 29.3 Å². The summed E-state index contributed by atoms with van der Waals surface area (Å²) >= 11 is 0. The van der Waals surface area contributed by atoms with Gasteiger partial charge in [-0.25, -0.2) is 0 Å². The first kappa shape index (κ1) is 18.5. The molecule has 1 amide bonds. The molecule has 0 saturated carbocycles. The van der Waals surface area contributed by atoms with Gasteiger partial charge in [-0.15, -0.1) is 0 Å². The number of aliphatic carboxylic acids is 1. The van der Waals surface area contributed by atoms with Crippen LogP contribution in [0.25, 0.3) is 0 Å². The first-order valence-corrected chi connectivity index (χ1v) is 8.55. The first-order valence-electron chi connectivity index (χ1n) is 8.55. The van der Waals surface area contributed by atoms with E-state index in [0.29, 0.717) is 5.92 Å². The second-order valence-corrected chi connectivity index (χ2v) is 7.75. The highest BCUT2D eigenvalue weighted by atomic mass is 16.4. The summed E-state index contributed by atoms with van der Waals surface area (Å²) in [5, 5.41) is 12.1. The number of amides is 1. The van der Waals surface area contributed by atoms with E-state index in [9.17, 15) is 9.59 Å². The minimum Gasteiger partial charge on any atom is -0.481 e. The van der Waals surface area contributed by atoms with E-state index in [4.69, 9.17) is 5.11 Å². The average molecular weight is 332 g/mol. The monoisotopic (exact) mass is 332 g/mol. The Hall–Kier alpha value is -1.88. The van der Waals surface area contributed by atoms with Crippen molar-refractivity contribution in [2.24, 2.45) is 11.3 Å². The number of carboxylic acid groups (broad SMARTS) is 1. The average Bonchev–Trinajstić information content (AvgIpc) is 2.88. The number of hydrogen-bond donors (Lipinski definition) is 2. The van der Waals surface area contributed by atoms with Crippen molar-refractivity contribution in [3.8, 4) is 0 Å². The summed E-state index contributed by atoms with van der Waals surface area (Å²) in [5.74, 6) is -0.543. The van der Waals surface area contributed by atoms with Crippen LogP contribution in [-0.2, 0) is 22.7 Å². The molecule has 1 heterocycles. The van der Waals surface area contributed by atoms with Crippen LogP contribution in [0.2, 0.25) is 0 Å². The maximum atomic E-state index is 12.2. The Morgan fingerprint density at radius 1 is 1.29 bits per heavy atom. The van der Waals surface area contributed by atoms with Crippen molar-refractivity contribution in [2.45, 2.75) is 53.6 Å². The molecule has 2 rings (SSSR count). The molecule has 0 atom stereocenters. The highest BCUT2D eigenvalue weighted by Gasteiger charge is 2.31. The zero-order valence-electron chi connectivity index (χ0n) is 15.1. The molecule has 1 aromatic carbocycles. The van der Waals surface area contributed by atoms with Gasteiger partial charge in [-0.3, -0.25) is 14.5 Å². The zero-order chi connectivity index (χ0) is 17.9.